The molecule has 0 fully saturated rings. The van der Waals surface area contributed by atoms with Gasteiger partial charge in [0.15, 0.2) is 0 Å². The Morgan fingerprint density at radius 2 is 1.89 bits per heavy atom. The molecule has 0 aromatic heterocycles. The number of non-ortho nitro benzene ring substituents is 1. The van der Waals surface area contributed by atoms with Crippen LogP contribution in [0.4, 0.5) is 11.4 Å². The molecule has 9 nitrogen and oxygen atoms in total. The molecule has 0 heterocycles. The lowest BCUT2D eigenvalue weighted by Gasteiger charge is -2.25. The Hall–Kier alpha value is -2.66. The number of nitro groups is 1. The SMILES string of the molecule is COc1ccc([N+](=O)[O-])cc1N(CCC(=O)O)S(=O)(=O)c1ccc(Br)cc1. The zero-order chi connectivity index (χ0) is 20.2. The quantitative estimate of drug-likeness (QED) is 0.475. The molecule has 0 spiro atoms. The lowest BCUT2D eigenvalue weighted by atomic mass is 10.2. The van der Waals surface area contributed by atoms with Crippen molar-refractivity contribution in [3.8, 4) is 5.75 Å². The van der Waals surface area contributed by atoms with Crippen LogP contribution in [0.2, 0.25) is 0 Å². The molecular formula is C16H15BrN2O7S. The first-order chi connectivity index (χ1) is 12.7. The highest BCUT2D eigenvalue weighted by atomic mass is 79.9. The van der Waals surface area contributed by atoms with Gasteiger partial charge in [0, 0.05) is 23.2 Å². The van der Waals surface area contributed by atoms with Crippen LogP contribution in [0.1, 0.15) is 6.42 Å². The first-order valence-corrected chi connectivity index (χ1v) is 9.72. The van der Waals surface area contributed by atoms with Crippen LogP contribution in [-0.2, 0) is 14.8 Å². The maximum atomic E-state index is 13.1. The molecule has 0 aliphatic carbocycles. The van der Waals surface area contributed by atoms with Crippen molar-refractivity contribution in [2.24, 2.45) is 0 Å². The van der Waals surface area contributed by atoms with E-state index < -0.39 is 33.9 Å². The number of carboxylic acids is 1. The number of aliphatic carboxylic acids is 1. The van der Waals surface area contributed by atoms with Gasteiger partial charge in [-0.2, -0.15) is 0 Å². The van der Waals surface area contributed by atoms with E-state index in [2.05, 4.69) is 15.9 Å². The summed E-state index contributed by atoms with van der Waals surface area (Å²) in [7, 11) is -2.91. The molecule has 0 atom stereocenters. The van der Waals surface area contributed by atoms with E-state index in [1.807, 2.05) is 0 Å². The van der Waals surface area contributed by atoms with E-state index in [9.17, 15) is 23.3 Å². The zero-order valence-electron chi connectivity index (χ0n) is 14.0. The van der Waals surface area contributed by atoms with Gasteiger partial charge in [0.1, 0.15) is 11.4 Å². The number of hydrogen-bond acceptors (Lipinski definition) is 6. The Morgan fingerprint density at radius 1 is 1.26 bits per heavy atom. The van der Waals surface area contributed by atoms with Crippen molar-refractivity contribution < 1.29 is 28.0 Å². The highest BCUT2D eigenvalue weighted by Gasteiger charge is 2.29. The third-order valence-electron chi connectivity index (χ3n) is 3.57. The Morgan fingerprint density at radius 3 is 2.41 bits per heavy atom. The number of halogens is 1. The fourth-order valence-electron chi connectivity index (χ4n) is 2.29. The summed E-state index contributed by atoms with van der Waals surface area (Å²) < 4.78 is 32.8. The molecule has 0 amide bonds. The summed E-state index contributed by atoms with van der Waals surface area (Å²) in [5, 5.41) is 20.1. The summed E-state index contributed by atoms with van der Waals surface area (Å²) in [5.41, 5.74) is -0.465. The van der Waals surface area contributed by atoms with Gasteiger partial charge in [0.05, 0.1) is 23.3 Å². The van der Waals surface area contributed by atoms with Crippen LogP contribution in [0, 0.1) is 10.1 Å². The number of benzene rings is 2. The second-order valence-corrected chi connectivity index (χ2v) is 8.07. The highest BCUT2D eigenvalue weighted by molar-refractivity contribution is 9.10. The van der Waals surface area contributed by atoms with Gasteiger partial charge in [0.2, 0.25) is 0 Å². The maximum absolute atomic E-state index is 13.1. The topological polar surface area (TPSA) is 127 Å². The molecule has 1 N–H and O–H groups in total. The Balaban J connectivity index is 2.64. The van der Waals surface area contributed by atoms with Gasteiger partial charge in [-0.1, -0.05) is 15.9 Å². The lowest BCUT2D eigenvalue weighted by molar-refractivity contribution is -0.384. The van der Waals surface area contributed by atoms with Crippen molar-refractivity contribution in [1.82, 2.24) is 0 Å². The molecule has 0 aliphatic heterocycles. The van der Waals surface area contributed by atoms with Gasteiger partial charge < -0.3 is 9.84 Å². The van der Waals surface area contributed by atoms with Gasteiger partial charge in [-0.15, -0.1) is 0 Å². The molecule has 2 aromatic carbocycles. The van der Waals surface area contributed by atoms with Crippen molar-refractivity contribution >= 4 is 43.3 Å². The van der Waals surface area contributed by atoms with E-state index >= 15 is 0 Å². The molecule has 27 heavy (non-hydrogen) atoms. The summed E-state index contributed by atoms with van der Waals surface area (Å²) in [4.78, 5) is 21.3. The number of hydrogen-bond donors (Lipinski definition) is 1. The van der Waals surface area contributed by atoms with Gasteiger partial charge in [-0.25, -0.2) is 8.42 Å². The smallest absolute Gasteiger partial charge is 0.305 e. The fraction of sp³-hybridized carbons (Fsp3) is 0.188. The predicted octanol–water partition coefficient (Wildman–Crippen LogP) is 3.04. The largest absolute Gasteiger partial charge is 0.495 e. The lowest BCUT2D eigenvalue weighted by Crippen LogP contribution is -2.33. The standard InChI is InChI=1S/C16H15BrN2O7S/c1-26-15-7-4-12(19(22)23)10-14(15)18(9-8-16(20)21)27(24,25)13-5-2-11(17)3-6-13/h2-7,10H,8-9H2,1H3,(H,20,21). The zero-order valence-corrected chi connectivity index (χ0v) is 16.4. The Labute approximate surface area is 163 Å². The normalized spacial score (nSPS) is 11.0. The summed E-state index contributed by atoms with van der Waals surface area (Å²) in [6.45, 7) is -0.425. The minimum Gasteiger partial charge on any atom is -0.495 e. The van der Waals surface area contributed by atoms with E-state index in [-0.39, 0.29) is 22.0 Å². The number of ether oxygens (including phenoxy) is 1. The van der Waals surface area contributed by atoms with Gasteiger partial charge in [0.25, 0.3) is 15.7 Å². The molecule has 2 aromatic rings. The number of nitro benzene ring substituents is 1. The second-order valence-electron chi connectivity index (χ2n) is 5.29. The van der Waals surface area contributed by atoms with Crippen molar-refractivity contribution in [1.29, 1.82) is 0 Å². The number of rotatable bonds is 8. The molecule has 0 aliphatic rings. The number of carbonyl (C=O) groups is 1. The van der Waals surface area contributed by atoms with Crippen LogP contribution >= 0.6 is 15.9 Å². The summed E-state index contributed by atoms with van der Waals surface area (Å²) in [5.74, 6) is -1.15. The van der Waals surface area contributed by atoms with Gasteiger partial charge in [-0.05, 0) is 30.3 Å². The Kier molecular flexibility index (Phi) is 6.39. The number of anilines is 1. The molecular weight excluding hydrogens is 444 g/mol. The minimum absolute atomic E-state index is 0.0617. The van der Waals surface area contributed by atoms with Crippen LogP contribution in [0.5, 0.6) is 5.75 Å². The van der Waals surface area contributed by atoms with Crippen LogP contribution in [-0.4, -0.2) is 38.1 Å². The Bertz CT molecular complexity index is 961. The first kappa shape index (κ1) is 20.6. The maximum Gasteiger partial charge on any atom is 0.305 e. The van der Waals surface area contributed by atoms with Crippen LogP contribution in [0.25, 0.3) is 0 Å². The number of nitrogens with zero attached hydrogens (tertiary/aromatic N) is 2. The third-order valence-corrected chi connectivity index (χ3v) is 5.93. The van der Waals surface area contributed by atoms with Gasteiger partial charge in [-0.3, -0.25) is 19.2 Å². The molecule has 0 bridgehead atoms. The molecule has 0 radical (unpaired) electrons. The average molecular weight is 459 g/mol. The van der Waals surface area contributed by atoms with Crippen molar-refractivity contribution in [2.75, 3.05) is 18.0 Å². The van der Waals surface area contributed by atoms with Crippen molar-refractivity contribution in [3.05, 3.63) is 57.1 Å². The van der Waals surface area contributed by atoms with Crippen LogP contribution in [0.15, 0.2) is 51.8 Å². The predicted molar refractivity (Wildman–Crippen MR) is 101 cm³/mol. The summed E-state index contributed by atoms with van der Waals surface area (Å²) in [6.07, 6.45) is -0.498. The summed E-state index contributed by atoms with van der Waals surface area (Å²) in [6, 6.07) is 9.20. The van der Waals surface area contributed by atoms with E-state index in [1.165, 1.54) is 43.5 Å². The van der Waals surface area contributed by atoms with Crippen LogP contribution < -0.4 is 9.04 Å². The van der Waals surface area contributed by atoms with E-state index in [4.69, 9.17) is 9.84 Å². The van der Waals surface area contributed by atoms with Crippen molar-refractivity contribution in [2.45, 2.75) is 11.3 Å². The highest BCUT2D eigenvalue weighted by Crippen LogP contribution is 2.35. The fourth-order valence-corrected chi connectivity index (χ4v) is 4.02. The van der Waals surface area contributed by atoms with E-state index in [1.54, 1.807) is 0 Å². The monoisotopic (exact) mass is 458 g/mol. The molecule has 0 unspecified atom stereocenters. The first-order valence-electron chi connectivity index (χ1n) is 7.49. The van der Waals surface area contributed by atoms with Crippen molar-refractivity contribution in [3.63, 3.8) is 0 Å². The van der Waals surface area contributed by atoms with Gasteiger partial charge >= 0.3 is 5.97 Å². The number of sulfonamides is 1. The van der Waals surface area contributed by atoms with E-state index in [0.717, 1.165) is 10.4 Å². The molecule has 0 saturated carbocycles. The second kappa shape index (κ2) is 8.35. The average Bonchev–Trinajstić information content (AvgIpc) is 2.61. The molecule has 2 rings (SSSR count). The molecule has 11 heteroatoms. The van der Waals surface area contributed by atoms with E-state index in [0.29, 0.717) is 4.47 Å². The minimum atomic E-state index is -4.20. The molecule has 144 valence electrons. The summed E-state index contributed by atoms with van der Waals surface area (Å²) >= 11 is 3.21. The number of methoxy groups -OCH3 is 1. The van der Waals surface area contributed by atoms with Crippen LogP contribution in [0.3, 0.4) is 0 Å². The number of carboxylic acid groups (broad SMARTS) is 1. The molecule has 0 saturated heterocycles. The third kappa shape index (κ3) is 4.74.